The SMILES string of the molecule is CC(=O)N1CCN(C(=O)NCc2ccc(F)c(C)c2)CC1. The third-order valence-electron chi connectivity index (χ3n) is 3.68. The summed E-state index contributed by atoms with van der Waals surface area (Å²) >= 11 is 0. The molecule has 0 aromatic heterocycles. The summed E-state index contributed by atoms with van der Waals surface area (Å²) in [5.41, 5.74) is 1.43. The van der Waals surface area contributed by atoms with Crippen molar-refractivity contribution in [2.24, 2.45) is 0 Å². The third-order valence-corrected chi connectivity index (χ3v) is 3.68. The number of nitrogens with zero attached hydrogens (tertiary/aromatic N) is 2. The lowest BCUT2D eigenvalue weighted by Gasteiger charge is -2.34. The number of urea groups is 1. The van der Waals surface area contributed by atoms with Crippen molar-refractivity contribution in [2.75, 3.05) is 26.2 Å². The molecule has 0 bridgehead atoms. The van der Waals surface area contributed by atoms with E-state index in [1.165, 1.54) is 13.0 Å². The average Bonchev–Trinajstić information content (AvgIpc) is 2.48. The molecule has 1 N–H and O–H groups in total. The maximum absolute atomic E-state index is 13.2. The Bertz CT molecular complexity index is 540. The standard InChI is InChI=1S/C15H20FN3O2/c1-11-9-13(3-4-14(11)16)10-17-15(21)19-7-5-18(6-8-19)12(2)20/h3-4,9H,5-8,10H2,1-2H3,(H,17,21). The number of hydrogen-bond acceptors (Lipinski definition) is 2. The van der Waals surface area contributed by atoms with Crippen LogP contribution in [0.5, 0.6) is 0 Å². The second-order valence-corrected chi connectivity index (χ2v) is 5.24. The monoisotopic (exact) mass is 293 g/mol. The van der Waals surface area contributed by atoms with Crippen LogP contribution in [0.2, 0.25) is 0 Å². The number of halogens is 1. The number of aryl methyl sites for hydroxylation is 1. The van der Waals surface area contributed by atoms with Crippen LogP contribution in [0.3, 0.4) is 0 Å². The molecule has 0 radical (unpaired) electrons. The summed E-state index contributed by atoms with van der Waals surface area (Å²) in [5.74, 6) is -0.206. The molecule has 0 saturated carbocycles. The molecule has 2 rings (SSSR count). The molecule has 1 saturated heterocycles. The number of amides is 3. The molecular formula is C15H20FN3O2. The summed E-state index contributed by atoms with van der Waals surface area (Å²) in [6, 6.07) is 4.64. The molecule has 1 fully saturated rings. The topological polar surface area (TPSA) is 52.7 Å². The van der Waals surface area contributed by atoms with Crippen LogP contribution >= 0.6 is 0 Å². The summed E-state index contributed by atoms with van der Waals surface area (Å²) in [6.07, 6.45) is 0. The van der Waals surface area contributed by atoms with Gasteiger partial charge in [-0.05, 0) is 24.1 Å². The Morgan fingerprint density at radius 2 is 1.81 bits per heavy atom. The van der Waals surface area contributed by atoms with Gasteiger partial charge in [0, 0.05) is 39.6 Å². The Morgan fingerprint density at radius 3 is 2.38 bits per heavy atom. The van der Waals surface area contributed by atoms with Gasteiger partial charge < -0.3 is 15.1 Å². The first-order valence-electron chi connectivity index (χ1n) is 7.00. The number of hydrogen-bond donors (Lipinski definition) is 1. The molecule has 5 nitrogen and oxygen atoms in total. The highest BCUT2D eigenvalue weighted by atomic mass is 19.1. The second-order valence-electron chi connectivity index (χ2n) is 5.24. The van der Waals surface area contributed by atoms with Gasteiger partial charge in [-0.3, -0.25) is 4.79 Å². The van der Waals surface area contributed by atoms with Crippen LogP contribution in [-0.4, -0.2) is 47.9 Å². The molecule has 1 aromatic carbocycles. The van der Waals surface area contributed by atoms with Crippen molar-refractivity contribution in [3.63, 3.8) is 0 Å². The van der Waals surface area contributed by atoms with Gasteiger partial charge in [-0.1, -0.05) is 12.1 Å². The van der Waals surface area contributed by atoms with Crippen LogP contribution in [0.25, 0.3) is 0 Å². The number of piperazine rings is 1. The molecule has 3 amide bonds. The minimum atomic E-state index is -0.245. The van der Waals surface area contributed by atoms with E-state index in [1.54, 1.807) is 28.9 Å². The van der Waals surface area contributed by atoms with Crippen molar-refractivity contribution in [3.05, 3.63) is 35.1 Å². The lowest BCUT2D eigenvalue weighted by molar-refractivity contribution is -0.130. The first-order chi connectivity index (χ1) is 9.97. The largest absolute Gasteiger partial charge is 0.339 e. The van der Waals surface area contributed by atoms with E-state index in [1.807, 2.05) is 0 Å². The second kappa shape index (κ2) is 6.56. The zero-order valence-corrected chi connectivity index (χ0v) is 12.4. The molecule has 1 aromatic rings. The summed E-state index contributed by atoms with van der Waals surface area (Å²) < 4.78 is 13.2. The molecule has 114 valence electrons. The zero-order chi connectivity index (χ0) is 15.4. The first kappa shape index (κ1) is 15.3. The van der Waals surface area contributed by atoms with Gasteiger partial charge in [0.25, 0.3) is 0 Å². The number of carbonyl (C=O) groups is 2. The van der Waals surface area contributed by atoms with E-state index < -0.39 is 0 Å². The summed E-state index contributed by atoms with van der Waals surface area (Å²) in [7, 11) is 0. The van der Waals surface area contributed by atoms with Crippen LogP contribution in [0, 0.1) is 12.7 Å². The van der Waals surface area contributed by atoms with Crippen molar-refractivity contribution in [1.82, 2.24) is 15.1 Å². The van der Waals surface area contributed by atoms with Crippen molar-refractivity contribution in [3.8, 4) is 0 Å². The van der Waals surface area contributed by atoms with E-state index in [4.69, 9.17) is 0 Å². The maximum atomic E-state index is 13.2. The Hall–Kier alpha value is -2.11. The Morgan fingerprint density at radius 1 is 1.19 bits per heavy atom. The van der Waals surface area contributed by atoms with Crippen LogP contribution in [0.15, 0.2) is 18.2 Å². The minimum Gasteiger partial charge on any atom is -0.339 e. The van der Waals surface area contributed by atoms with E-state index in [0.29, 0.717) is 38.3 Å². The fourth-order valence-corrected chi connectivity index (χ4v) is 2.33. The van der Waals surface area contributed by atoms with E-state index >= 15 is 0 Å². The highest BCUT2D eigenvalue weighted by Gasteiger charge is 2.21. The lowest BCUT2D eigenvalue weighted by Crippen LogP contribution is -2.52. The van der Waals surface area contributed by atoms with Gasteiger partial charge in [0.05, 0.1) is 0 Å². The predicted molar refractivity (Wildman–Crippen MR) is 77.2 cm³/mol. The molecule has 0 atom stereocenters. The summed E-state index contributed by atoms with van der Waals surface area (Å²) in [5, 5.41) is 2.82. The number of carbonyl (C=O) groups excluding carboxylic acids is 2. The Balaban J connectivity index is 1.82. The highest BCUT2D eigenvalue weighted by Crippen LogP contribution is 2.09. The molecule has 1 aliphatic rings. The molecule has 6 heteroatoms. The lowest BCUT2D eigenvalue weighted by atomic mass is 10.1. The molecular weight excluding hydrogens is 273 g/mol. The van der Waals surface area contributed by atoms with Gasteiger partial charge in [0.2, 0.25) is 5.91 Å². The first-order valence-corrected chi connectivity index (χ1v) is 7.00. The number of rotatable bonds is 2. The van der Waals surface area contributed by atoms with Gasteiger partial charge >= 0.3 is 6.03 Å². The average molecular weight is 293 g/mol. The van der Waals surface area contributed by atoms with E-state index in [0.717, 1.165) is 5.56 Å². The highest BCUT2D eigenvalue weighted by molar-refractivity contribution is 5.76. The third kappa shape index (κ3) is 3.93. The zero-order valence-electron chi connectivity index (χ0n) is 12.4. The van der Waals surface area contributed by atoms with Crippen molar-refractivity contribution in [1.29, 1.82) is 0 Å². The van der Waals surface area contributed by atoms with E-state index in [-0.39, 0.29) is 17.8 Å². The van der Waals surface area contributed by atoms with Gasteiger partial charge in [-0.2, -0.15) is 0 Å². The maximum Gasteiger partial charge on any atom is 0.317 e. The van der Waals surface area contributed by atoms with Crippen LogP contribution in [0.1, 0.15) is 18.1 Å². The molecule has 0 unspecified atom stereocenters. The van der Waals surface area contributed by atoms with Gasteiger partial charge in [0.15, 0.2) is 0 Å². The van der Waals surface area contributed by atoms with E-state index in [9.17, 15) is 14.0 Å². The summed E-state index contributed by atoms with van der Waals surface area (Å²) in [4.78, 5) is 26.7. The van der Waals surface area contributed by atoms with Crippen LogP contribution in [0.4, 0.5) is 9.18 Å². The summed E-state index contributed by atoms with van der Waals surface area (Å²) in [6.45, 7) is 5.81. The molecule has 0 aliphatic carbocycles. The fraction of sp³-hybridized carbons (Fsp3) is 0.467. The molecule has 0 spiro atoms. The Labute approximate surface area is 123 Å². The normalized spacial score (nSPS) is 15.0. The van der Waals surface area contributed by atoms with Crippen molar-refractivity contribution >= 4 is 11.9 Å². The van der Waals surface area contributed by atoms with Crippen LogP contribution < -0.4 is 5.32 Å². The Kier molecular flexibility index (Phi) is 4.77. The van der Waals surface area contributed by atoms with Gasteiger partial charge in [0.1, 0.15) is 5.82 Å². The van der Waals surface area contributed by atoms with Crippen molar-refractivity contribution in [2.45, 2.75) is 20.4 Å². The predicted octanol–water partition coefficient (Wildman–Crippen LogP) is 1.51. The number of benzene rings is 1. The van der Waals surface area contributed by atoms with Gasteiger partial charge in [-0.15, -0.1) is 0 Å². The van der Waals surface area contributed by atoms with E-state index in [2.05, 4.69) is 5.32 Å². The molecule has 21 heavy (non-hydrogen) atoms. The minimum absolute atomic E-state index is 0.0387. The van der Waals surface area contributed by atoms with Gasteiger partial charge in [-0.25, -0.2) is 9.18 Å². The quantitative estimate of drug-likeness (QED) is 0.898. The fourth-order valence-electron chi connectivity index (χ4n) is 2.33. The molecule has 1 aliphatic heterocycles. The smallest absolute Gasteiger partial charge is 0.317 e. The number of nitrogens with one attached hydrogen (secondary N) is 1. The van der Waals surface area contributed by atoms with Crippen molar-refractivity contribution < 1.29 is 14.0 Å². The molecule has 1 heterocycles. The van der Waals surface area contributed by atoms with Crippen LogP contribution in [-0.2, 0) is 11.3 Å².